The van der Waals surface area contributed by atoms with E-state index in [0.29, 0.717) is 6.61 Å². The first-order chi connectivity index (χ1) is 15.1. The molecule has 0 saturated heterocycles. The first-order valence-corrected chi connectivity index (χ1v) is 11.7. The Balaban J connectivity index is 1.57. The topological polar surface area (TPSA) is 21.3 Å². The van der Waals surface area contributed by atoms with Crippen LogP contribution in [0.2, 0.25) is 0 Å². The Morgan fingerprint density at radius 3 is 1.97 bits per heavy atom. The summed E-state index contributed by atoms with van der Waals surface area (Å²) >= 11 is 0. The summed E-state index contributed by atoms with van der Waals surface area (Å²) in [6.07, 6.45) is 1.00. The lowest BCUT2D eigenvalue weighted by molar-refractivity contribution is 0.297. The first-order valence-electron chi connectivity index (χ1n) is 11.7. The van der Waals surface area contributed by atoms with E-state index in [1.54, 1.807) is 0 Å². The molecule has 0 fully saturated rings. The van der Waals surface area contributed by atoms with Crippen LogP contribution in [0, 0.1) is 0 Å². The van der Waals surface area contributed by atoms with Gasteiger partial charge in [-0.25, -0.2) is 0 Å². The van der Waals surface area contributed by atoms with Crippen LogP contribution in [0.1, 0.15) is 69.4 Å². The Hall–Kier alpha value is -2.58. The third-order valence-corrected chi connectivity index (χ3v) is 5.83. The van der Waals surface area contributed by atoms with Crippen molar-refractivity contribution in [3.05, 3.63) is 101 Å². The molecule has 0 unspecified atom stereocenters. The van der Waals surface area contributed by atoms with Crippen molar-refractivity contribution in [2.24, 2.45) is 0 Å². The molecule has 0 saturated carbocycles. The van der Waals surface area contributed by atoms with Crippen molar-refractivity contribution in [3.8, 4) is 5.75 Å². The minimum atomic E-state index is 0.0320. The molecule has 0 heterocycles. The maximum Gasteiger partial charge on any atom is 0.123 e. The molecule has 32 heavy (non-hydrogen) atoms. The van der Waals surface area contributed by atoms with Gasteiger partial charge in [0, 0.05) is 6.54 Å². The second-order valence-electron chi connectivity index (χ2n) is 10.7. The molecule has 0 amide bonds. The lowest BCUT2D eigenvalue weighted by Crippen LogP contribution is -2.18. The fourth-order valence-corrected chi connectivity index (χ4v) is 3.77. The molecule has 3 aromatic rings. The average Bonchev–Trinajstić information content (AvgIpc) is 2.75. The van der Waals surface area contributed by atoms with E-state index in [4.69, 9.17) is 4.74 Å². The third kappa shape index (κ3) is 6.97. The molecule has 1 N–H and O–H groups in total. The number of ether oxygens (including phenoxy) is 1. The minimum absolute atomic E-state index is 0.0320. The molecule has 3 aromatic carbocycles. The van der Waals surface area contributed by atoms with Crippen molar-refractivity contribution in [2.45, 2.75) is 71.9 Å². The van der Waals surface area contributed by atoms with Crippen LogP contribution in [0.5, 0.6) is 5.75 Å². The van der Waals surface area contributed by atoms with Gasteiger partial charge in [-0.05, 0) is 57.7 Å². The molecule has 0 aromatic heterocycles. The summed E-state index contributed by atoms with van der Waals surface area (Å²) in [6.45, 7) is 16.0. The molecule has 0 bridgehead atoms. The fourth-order valence-electron chi connectivity index (χ4n) is 3.77. The predicted molar refractivity (Wildman–Crippen MR) is 136 cm³/mol. The highest BCUT2D eigenvalue weighted by Gasteiger charge is 2.20. The Morgan fingerprint density at radius 1 is 0.688 bits per heavy atom. The van der Waals surface area contributed by atoms with E-state index in [1.807, 2.05) is 6.07 Å². The molecule has 0 aliphatic heterocycles. The van der Waals surface area contributed by atoms with E-state index in [2.05, 4.69) is 114 Å². The SMILES string of the molecule is CC(C)(C)c1ccc(CNCCc2ccc(OCc3ccccc3)c(C(C)(C)C)c2)cc1. The maximum absolute atomic E-state index is 6.21. The number of benzene rings is 3. The first kappa shape index (κ1) is 24.1. The van der Waals surface area contributed by atoms with Gasteiger partial charge in [0.2, 0.25) is 0 Å². The smallest absolute Gasteiger partial charge is 0.123 e. The van der Waals surface area contributed by atoms with E-state index in [9.17, 15) is 0 Å². The lowest BCUT2D eigenvalue weighted by atomic mass is 9.85. The van der Waals surface area contributed by atoms with Gasteiger partial charge in [-0.2, -0.15) is 0 Å². The van der Waals surface area contributed by atoms with Gasteiger partial charge in [-0.15, -0.1) is 0 Å². The summed E-state index contributed by atoms with van der Waals surface area (Å²) in [7, 11) is 0. The largest absolute Gasteiger partial charge is 0.489 e. The number of hydrogen-bond acceptors (Lipinski definition) is 2. The van der Waals surface area contributed by atoms with Crippen LogP contribution < -0.4 is 10.1 Å². The number of hydrogen-bond donors (Lipinski definition) is 1. The second kappa shape index (κ2) is 10.4. The lowest BCUT2D eigenvalue weighted by Gasteiger charge is -2.24. The van der Waals surface area contributed by atoms with E-state index >= 15 is 0 Å². The van der Waals surface area contributed by atoms with Crippen molar-refractivity contribution >= 4 is 0 Å². The van der Waals surface area contributed by atoms with Gasteiger partial charge in [0.05, 0.1) is 0 Å². The van der Waals surface area contributed by atoms with Crippen molar-refractivity contribution in [1.82, 2.24) is 5.32 Å². The Bertz CT molecular complexity index is 976. The third-order valence-electron chi connectivity index (χ3n) is 5.83. The molecule has 2 nitrogen and oxygen atoms in total. The van der Waals surface area contributed by atoms with Crippen LogP contribution in [0.3, 0.4) is 0 Å². The zero-order valence-corrected chi connectivity index (χ0v) is 20.7. The molecule has 0 aliphatic rings. The van der Waals surface area contributed by atoms with Gasteiger partial charge >= 0.3 is 0 Å². The van der Waals surface area contributed by atoms with Crippen LogP contribution in [0.25, 0.3) is 0 Å². The normalized spacial score (nSPS) is 12.1. The summed E-state index contributed by atoms with van der Waals surface area (Å²) in [4.78, 5) is 0. The quantitative estimate of drug-likeness (QED) is 0.383. The average molecular weight is 430 g/mol. The standard InChI is InChI=1S/C30H39NO/c1-29(2,3)26-15-12-24(13-16-26)21-31-19-18-23-14-17-28(27(20-23)30(4,5)6)32-22-25-10-8-7-9-11-25/h7-17,20,31H,18-19,21-22H2,1-6H3. The summed E-state index contributed by atoms with van der Waals surface area (Å²) in [5.74, 6) is 0.983. The predicted octanol–water partition coefficient (Wildman–Crippen LogP) is 7.19. The summed E-state index contributed by atoms with van der Waals surface area (Å²) in [5, 5.41) is 3.60. The van der Waals surface area contributed by atoms with Crippen LogP contribution in [0.15, 0.2) is 72.8 Å². The number of rotatable bonds is 8. The van der Waals surface area contributed by atoms with Crippen LogP contribution in [-0.4, -0.2) is 6.54 Å². The monoisotopic (exact) mass is 429 g/mol. The number of nitrogens with one attached hydrogen (secondary N) is 1. The molecule has 2 heteroatoms. The highest BCUT2D eigenvalue weighted by molar-refractivity contribution is 5.42. The van der Waals surface area contributed by atoms with Crippen molar-refractivity contribution < 1.29 is 4.74 Å². The molecular weight excluding hydrogens is 390 g/mol. The van der Waals surface area contributed by atoms with Crippen LogP contribution in [-0.2, 0) is 30.4 Å². The van der Waals surface area contributed by atoms with Gasteiger partial charge < -0.3 is 10.1 Å². The second-order valence-corrected chi connectivity index (χ2v) is 10.7. The maximum atomic E-state index is 6.21. The van der Waals surface area contributed by atoms with Crippen LogP contribution in [0.4, 0.5) is 0 Å². The molecule has 0 aliphatic carbocycles. The highest BCUT2D eigenvalue weighted by atomic mass is 16.5. The van der Waals surface area contributed by atoms with Gasteiger partial charge in [0.15, 0.2) is 0 Å². The molecule has 3 rings (SSSR count). The summed E-state index contributed by atoms with van der Waals surface area (Å²) < 4.78 is 6.21. The Kier molecular flexibility index (Phi) is 7.79. The Morgan fingerprint density at radius 2 is 1.34 bits per heavy atom. The molecule has 0 atom stereocenters. The summed E-state index contributed by atoms with van der Waals surface area (Å²) in [6, 6.07) is 26.0. The van der Waals surface area contributed by atoms with Crippen molar-refractivity contribution in [3.63, 3.8) is 0 Å². The fraction of sp³-hybridized carbons (Fsp3) is 0.400. The minimum Gasteiger partial charge on any atom is -0.489 e. The van der Waals surface area contributed by atoms with E-state index < -0.39 is 0 Å². The molecule has 170 valence electrons. The Labute approximate surface area is 195 Å². The van der Waals surface area contributed by atoms with E-state index in [0.717, 1.165) is 25.3 Å². The van der Waals surface area contributed by atoms with Gasteiger partial charge in [0.25, 0.3) is 0 Å². The zero-order chi connectivity index (χ0) is 23.2. The zero-order valence-electron chi connectivity index (χ0n) is 20.7. The molecular formula is C30H39NO. The highest BCUT2D eigenvalue weighted by Crippen LogP contribution is 2.33. The van der Waals surface area contributed by atoms with Crippen molar-refractivity contribution in [2.75, 3.05) is 6.54 Å². The summed E-state index contributed by atoms with van der Waals surface area (Å²) in [5.41, 5.74) is 6.75. The van der Waals surface area contributed by atoms with Gasteiger partial charge in [-0.3, -0.25) is 0 Å². The van der Waals surface area contributed by atoms with Gasteiger partial charge in [-0.1, -0.05) is 108 Å². The molecule has 0 radical (unpaired) electrons. The van der Waals surface area contributed by atoms with Crippen molar-refractivity contribution in [1.29, 1.82) is 0 Å². The van der Waals surface area contributed by atoms with Crippen LogP contribution >= 0.6 is 0 Å². The van der Waals surface area contributed by atoms with Gasteiger partial charge in [0.1, 0.15) is 12.4 Å². The van der Waals surface area contributed by atoms with E-state index in [1.165, 1.54) is 27.8 Å². The molecule has 0 spiro atoms. The van der Waals surface area contributed by atoms with E-state index in [-0.39, 0.29) is 10.8 Å².